The monoisotopic (exact) mass is 289 g/mol. The van der Waals surface area contributed by atoms with Crippen molar-refractivity contribution in [3.8, 4) is 0 Å². The molecule has 1 heterocycles. The van der Waals surface area contributed by atoms with Gasteiger partial charge in [-0.25, -0.2) is 13.1 Å². The summed E-state index contributed by atoms with van der Waals surface area (Å²) in [6.45, 7) is 3.58. The smallest absolute Gasteiger partial charge is 0.242 e. The number of thiophene rings is 1. The molecule has 0 unspecified atom stereocenters. The van der Waals surface area contributed by atoms with Crippen LogP contribution in [0.5, 0.6) is 0 Å². The molecule has 0 aliphatic heterocycles. The molecule has 0 radical (unpaired) electrons. The van der Waals surface area contributed by atoms with Crippen molar-refractivity contribution in [3.63, 3.8) is 0 Å². The van der Waals surface area contributed by atoms with Gasteiger partial charge in [0, 0.05) is 9.75 Å². The largest absolute Gasteiger partial charge is 0.394 e. The Hall–Kier alpha value is -0.430. The van der Waals surface area contributed by atoms with E-state index in [-0.39, 0.29) is 6.61 Å². The van der Waals surface area contributed by atoms with E-state index < -0.39 is 15.6 Å². The van der Waals surface area contributed by atoms with Crippen LogP contribution in [0, 0.1) is 13.8 Å². The predicted octanol–water partition coefficient (Wildman–Crippen LogP) is 1.95. The number of hydrogen-bond donors (Lipinski definition) is 2. The van der Waals surface area contributed by atoms with Gasteiger partial charge in [0.25, 0.3) is 0 Å². The van der Waals surface area contributed by atoms with Crippen LogP contribution < -0.4 is 4.72 Å². The van der Waals surface area contributed by atoms with Crippen molar-refractivity contribution in [3.05, 3.63) is 15.8 Å². The number of sulfonamides is 1. The maximum Gasteiger partial charge on any atom is 0.242 e. The minimum absolute atomic E-state index is 0.131. The van der Waals surface area contributed by atoms with Gasteiger partial charge in [-0.05, 0) is 32.8 Å². The predicted molar refractivity (Wildman–Crippen MR) is 72.4 cm³/mol. The molecular weight excluding hydrogens is 270 g/mol. The van der Waals surface area contributed by atoms with Gasteiger partial charge in [0.15, 0.2) is 0 Å². The molecule has 1 aromatic heterocycles. The van der Waals surface area contributed by atoms with Crippen LogP contribution in [0.2, 0.25) is 0 Å². The van der Waals surface area contributed by atoms with Crippen molar-refractivity contribution < 1.29 is 13.5 Å². The highest BCUT2D eigenvalue weighted by atomic mass is 32.2. The lowest BCUT2D eigenvalue weighted by atomic mass is 10.0. The summed E-state index contributed by atoms with van der Waals surface area (Å²) in [5.74, 6) is 0. The second kappa shape index (κ2) is 4.92. The highest BCUT2D eigenvalue weighted by Gasteiger charge is 2.38. The van der Waals surface area contributed by atoms with Gasteiger partial charge in [0.1, 0.15) is 0 Å². The minimum atomic E-state index is -3.52. The molecule has 1 aromatic rings. The highest BCUT2D eigenvalue weighted by Crippen LogP contribution is 2.32. The van der Waals surface area contributed by atoms with Gasteiger partial charge in [0.05, 0.1) is 17.0 Å². The van der Waals surface area contributed by atoms with Crippen LogP contribution in [0.25, 0.3) is 0 Å². The topological polar surface area (TPSA) is 66.4 Å². The summed E-state index contributed by atoms with van der Waals surface area (Å²) in [6.07, 6.45) is 3.35. The fourth-order valence-electron chi connectivity index (χ4n) is 2.56. The van der Waals surface area contributed by atoms with Crippen molar-refractivity contribution in [2.24, 2.45) is 0 Å². The fraction of sp³-hybridized carbons (Fsp3) is 0.667. The average Bonchev–Trinajstić information content (AvgIpc) is 2.86. The molecule has 0 saturated heterocycles. The van der Waals surface area contributed by atoms with Crippen LogP contribution in [0.1, 0.15) is 35.4 Å². The van der Waals surface area contributed by atoms with Crippen molar-refractivity contribution in [2.75, 3.05) is 6.61 Å². The number of aliphatic hydroxyl groups excluding tert-OH is 1. The summed E-state index contributed by atoms with van der Waals surface area (Å²) >= 11 is 1.48. The van der Waals surface area contributed by atoms with E-state index in [1.165, 1.54) is 11.3 Å². The van der Waals surface area contributed by atoms with Crippen LogP contribution in [-0.2, 0) is 10.0 Å². The minimum Gasteiger partial charge on any atom is -0.394 e. The zero-order chi connectivity index (χ0) is 13.4. The lowest BCUT2D eigenvalue weighted by Crippen LogP contribution is -2.49. The summed E-state index contributed by atoms with van der Waals surface area (Å²) < 4.78 is 27.5. The Morgan fingerprint density at radius 1 is 1.39 bits per heavy atom. The zero-order valence-corrected chi connectivity index (χ0v) is 12.3. The molecule has 18 heavy (non-hydrogen) atoms. The Balaban J connectivity index is 2.29. The fourth-order valence-corrected chi connectivity index (χ4v) is 5.57. The van der Waals surface area contributed by atoms with E-state index in [1.807, 2.05) is 13.8 Å². The van der Waals surface area contributed by atoms with E-state index in [1.54, 1.807) is 6.07 Å². The first-order valence-corrected chi connectivity index (χ1v) is 8.40. The summed E-state index contributed by atoms with van der Waals surface area (Å²) in [6, 6.07) is 1.70. The normalized spacial score (nSPS) is 19.3. The van der Waals surface area contributed by atoms with Crippen LogP contribution >= 0.6 is 11.3 Å². The van der Waals surface area contributed by atoms with Crippen molar-refractivity contribution in [1.82, 2.24) is 4.72 Å². The summed E-state index contributed by atoms with van der Waals surface area (Å²) in [4.78, 5) is 2.13. The third-order valence-electron chi connectivity index (χ3n) is 3.50. The summed E-state index contributed by atoms with van der Waals surface area (Å²) in [5, 5.41) is 9.48. The molecule has 102 valence electrons. The van der Waals surface area contributed by atoms with E-state index in [9.17, 15) is 13.5 Å². The Bertz CT molecular complexity index is 528. The molecule has 0 amide bonds. The molecule has 0 atom stereocenters. The molecule has 1 saturated carbocycles. The van der Waals surface area contributed by atoms with E-state index in [2.05, 4.69) is 4.72 Å². The summed E-state index contributed by atoms with van der Waals surface area (Å²) in [7, 11) is -3.52. The molecule has 1 aliphatic carbocycles. The van der Waals surface area contributed by atoms with Gasteiger partial charge in [-0.3, -0.25) is 0 Å². The number of aryl methyl sites for hydroxylation is 2. The van der Waals surface area contributed by atoms with Crippen molar-refractivity contribution >= 4 is 21.4 Å². The first-order valence-electron chi connectivity index (χ1n) is 6.10. The Morgan fingerprint density at radius 3 is 2.44 bits per heavy atom. The SMILES string of the molecule is Cc1cc(S(=O)(=O)NC2(CO)CCCC2)c(C)s1. The molecule has 0 aromatic carbocycles. The average molecular weight is 289 g/mol. The zero-order valence-electron chi connectivity index (χ0n) is 10.7. The van der Waals surface area contributed by atoms with Gasteiger partial charge in [-0.15, -0.1) is 11.3 Å². The molecule has 0 spiro atoms. The number of nitrogens with one attached hydrogen (secondary N) is 1. The van der Waals surface area contributed by atoms with Gasteiger partial charge < -0.3 is 5.11 Å². The van der Waals surface area contributed by atoms with E-state index in [0.29, 0.717) is 17.7 Å². The Kier molecular flexibility index (Phi) is 3.82. The van der Waals surface area contributed by atoms with Crippen molar-refractivity contribution in [1.29, 1.82) is 0 Å². The van der Waals surface area contributed by atoms with Crippen LogP contribution in [-0.4, -0.2) is 25.7 Å². The van der Waals surface area contributed by atoms with Crippen LogP contribution in [0.3, 0.4) is 0 Å². The van der Waals surface area contributed by atoms with E-state index >= 15 is 0 Å². The van der Waals surface area contributed by atoms with Crippen molar-refractivity contribution in [2.45, 2.75) is 50.0 Å². The Labute approximate surface area is 112 Å². The van der Waals surface area contributed by atoms with Gasteiger partial charge >= 0.3 is 0 Å². The highest BCUT2D eigenvalue weighted by molar-refractivity contribution is 7.89. The number of hydrogen-bond acceptors (Lipinski definition) is 4. The Morgan fingerprint density at radius 2 is 2.00 bits per heavy atom. The first kappa shape index (κ1) is 14.0. The second-order valence-electron chi connectivity index (χ2n) is 5.03. The quantitative estimate of drug-likeness (QED) is 0.890. The van der Waals surface area contributed by atoms with Gasteiger partial charge in [-0.1, -0.05) is 12.8 Å². The lowest BCUT2D eigenvalue weighted by molar-refractivity contribution is 0.185. The molecule has 0 bridgehead atoms. The summed E-state index contributed by atoms with van der Waals surface area (Å²) in [5.41, 5.74) is -0.652. The molecule has 2 rings (SSSR count). The molecule has 1 aliphatic rings. The maximum atomic E-state index is 12.4. The number of aliphatic hydroxyl groups is 1. The standard InChI is InChI=1S/C12H19NO3S2/c1-9-7-11(10(2)17-9)18(15,16)13-12(8-14)5-3-4-6-12/h7,13-14H,3-6,8H2,1-2H3. The van der Waals surface area contributed by atoms with Gasteiger partial charge in [-0.2, -0.15) is 0 Å². The van der Waals surface area contributed by atoms with E-state index in [0.717, 1.165) is 22.6 Å². The second-order valence-corrected chi connectivity index (χ2v) is 8.14. The molecule has 6 heteroatoms. The molecule has 2 N–H and O–H groups in total. The first-order chi connectivity index (χ1) is 8.38. The third-order valence-corrected chi connectivity index (χ3v) is 6.30. The molecule has 4 nitrogen and oxygen atoms in total. The number of rotatable bonds is 4. The van der Waals surface area contributed by atoms with E-state index in [4.69, 9.17) is 0 Å². The van der Waals surface area contributed by atoms with Crippen LogP contribution in [0.15, 0.2) is 11.0 Å². The maximum absolute atomic E-state index is 12.4. The molecular formula is C12H19NO3S2. The van der Waals surface area contributed by atoms with Crippen LogP contribution in [0.4, 0.5) is 0 Å². The lowest BCUT2D eigenvalue weighted by Gasteiger charge is -2.27. The van der Waals surface area contributed by atoms with Gasteiger partial charge in [0.2, 0.25) is 10.0 Å². The molecule has 1 fully saturated rings. The third kappa shape index (κ3) is 2.61.